The fourth-order valence-electron chi connectivity index (χ4n) is 3.47. The van der Waals surface area contributed by atoms with E-state index in [1.807, 2.05) is 49.4 Å². The van der Waals surface area contributed by atoms with Crippen LogP contribution in [0.2, 0.25) is 0 Å². The van der Waals surface area contributed by atoms with Gasteiger partial charge in [0.05, 0.1) is 6.61 Å². The van der Waals surface area contributed by atoms with Crippen molar-refractivity contribution in [1.29, 1.82) is 5.41 Å². The van der Waals surface area contributed by atoms with Crippen molar-refractivity contribution in [3.05, 3.63) is 89.0 Å². The molecule has 0 aromatic heterocycles. The molecule has 3 nitrogen and oxygen atoms in total. The van der Waals surface area contributed by atoms with Gasteiger partial charge in [-0.05, 0) is 78.0 Å². The first-order valence-electron chi connectivity index (χ1n) is 9.45. The molecule has 0 fully saturated rings. The van der Waals surface area contributed by atoms with Crippen LogP contribution in [-0.2, 0) is 4.74 Å². The summed E-state index contributed by atoms with van der Waals surface area (Å²) in [6, 6.07) is 12.3. The number of benzene rings is 2. The zero-order chi connectivity index (χ0) is 20.1. The summed E-state index contributed by atoms with van der Waals surface area (Å²) in [6.07, 6.45) is 8.23. The topological polar surface area (TPSA) is 59.1 Å². The molecular formula is C24H25FN2O. The van der Waals surface area contributed by atoms with Crippen LogP contribution < -0.4 is 5.73 Å². The highest BCUT2D eigenvalue weighted by atomic mass is 19.1. The largest absolute Gasteiger partial charge is 0.494 e. The predicted octanol–water partition coefficient (Wildman–Crippen LogP) is 5.83. The van der Waals surface area contributed by atoms with E-state index in [-0.39, 0.29) is 11.7 Å². The van der Waals surface area contributed by atoms with E-state index in [1.165, 1.54) is 18.3 Å². The smallest absolute Gasteiger partial charge is 0.123 e. The van der Waals surface area contributed by atoms with Crippen LogP contribution >= 0.6 is 0 Å². The second-order valence-corrected chi connectivity index (χ2v) is 6.84. The van der Waals surface area contributed by atoms with Crippen molar-refractivity contribution in [3.63, 3.8) is 0 Å². The molecule has 3 N–H and O–H groups in total. The highest BCUT2D eigenvalue weighted by Crippen LogP contribution is 2.37. The molecule has 1 aliphatic rings. The fraction of sp³-hybridized carbons (Fsp3) is 0.208. The Morgan fingerprint density at radius 2 is 1.89 bits per heavy atom. The van der Waals surface area contributed by atoms with Crippen LogP contribution in [0, 0.1) is 17.1 Å². The van der Waals surface area contributed by atoms with Crippen molar-refractivity contribution >= 4 is 23.0 Å². The van der Waals surface area contributed by atoms with Gasteiger partial charge in [0, 0.05) is 17.5 Å². The Morgan fingerprint density at radius 3 is 2.57 bits per heavy atom. The summed E-state index contributed by atoms with van der Waals surface area (Å²) >= 11 is 0. The highest BCUT2D eigenvalue weighted by molar-refractivity contribution is 5.98. The first kappa shape index (κ1) is 19.6. The van der Waals surface area contributed by atoms with E-state index in [4.69, 9.17) is 15.9 Å². The van der Waals surface area contributed by atoms with Crippen molar-refractivity contribution in [3.8, 4) is 0 Å². The molecule has 0 spiro atoms. The van der Waals surface area contributed by atoms with E-state index in [9.17, 15) is 4.39 Å². The molecule has 0 saturated carbocycles. The molecule has 1 aliphatic carbocycles. The van der Waals surface area contributed by atoms with Gasteiger partial charge in [0.25, 0.3) is 0 Å². The Morgan fingerprint density at radius 1 is 1.18 bits per heavy atom. The second-order valence-electron chi connectivity index (χ2n) is 6.84. The normalized spacial score (nSPS) is 17.0. The SMILES string of the molecule is CCOC1=CC(c2ccc(N)c(C=N)c2)=C(c2ccc(F)cc2)C(C)CC=C1. The molecule has 1 atom stereocenters. The molecule has 0 heterocycles. The Bertz CT molecular complexity index is 955. The van der Waals surface area contributed by atoms with Gasteiger partial charge in [-0.2, -0.15) is 0 Å². The number of nitrogens with one attached hydrogen (secondary N) is 1. The molecule has 1 unspecified atom stereocenters. The molecule has 144 valence electrons. The molecule has 28 heavy (non-hydrogen) atoms. The van der Waals surface area contributed by atoms with Crippen LogP contribution in [0.25, 0.3) is 11.1 Å². The molecule has 0 saturated heterocycles. The van der Waals surface area contributed by atoms with E-state index >= 15 is 0 Å². The monoisotopic (exact) mass is 376 g/mol. The van der Waals surface area contributed by atoms with Gasteiger partial charge in [-0.3, -0.25) is 0 Å². The lowest BCUT2D eigenvalue weighted by Crippen LogP contribution is -2.05. The third-order valence-electron chi connectivity index (χ3n) is 4.86. The third-order valence-corrected chi connectivity index (χ3v) is 4.86. The van der Waals surface area contributed by atoms with E-state index < -0.39 is 0 Å². The number of anilines is 1. The summed E-state index contributed by atoms with van der Waals surface area (Å²) in [5.41, 5.74) is 11.3. The van der Waals surface area contributed by atoms with Crippen LogP contribution in [0.4, 0.5) is 10.1 Å². The van der Waals surface area contributed by atoms with E-state index in [0.717, 1.165) is 34.5 Å². The number of nitrogens with two attached hydrogens (primary N) is 1. The van der Waals surface area contributed by atoms with Gasteiger partial charge < -0.3 is 15.9 Å². The Kier molecular flexibility index (Phi) is 6.09. The Hall–Kier alpha value is -3.14. The zero-order valence-corrected chi connectivity index (χ0v) is 16.2. The molecule has 0 radical (unpaired) electrons. The predicted molar refractivity (Wildman–Crippen MR) is 115 cm³/mol. The lowest BCUT2D eigenvalue weighted by molar-refractivity contribution is 0.242. The minimum Gasteiger partial charge on any atom is -0.494 e. The van der Waals surface area contributed by atoms with Crippen LogP contribution in [-0.4, -0.2) is 12.8 Å². The maximum atomic E-state index is 13.5. The van der Waals surface area contributed by atoms with Crippen molar-refractivity contribution in [2.45, 2.75) is 20.3 Å². The molecule has 0 aliphatic heterocycles. The summed E-state index contributed by atoms with van der Waals surface area (Å²) < 4.78 is 19.3. The quantitative estimate of drug-likeness (QED) is 0.509. The summed E-state index contributed by atoms with van der Waals surface area (Å²) in [5, 5.41) is 7.64. The second kappa shape index (κ2) is 8.70. The first-order valence-corrected chi connectivity index (χ1v) is 9.45. The first-order chi connectivity index (χ1) is 13.5. The number of nitrogen functional groups attached to an aromatic ring is 1. The van der Waals surface area contributed by atoms with Crippen molar-refractivity contribution in [2.24, 2.45) is 5.92 Å². The average Bonchev–Trinajstić information content (AvgIpc) is 2.68. The van der Waals surface area contributed by atoms with Crippen LogP contribution in [0.15, 0.2) is 66.5 Å². The van der Waals surface area contributed by atoms with Gasteiger partial charge in [0.2, 0.25) is 0 Å². The van der Waals surface area contributed by atoms with E-state index in [1.54, 1.807) is 0 Å². The maximum Gasteiger partial charge on any atom is 0.123 e. The maximum absolute atomic E-state index is 13.5. The summed E-state index contributed by atoms with van der Waals surface area (Å²) in [5.74, 6) is 0.739. The average molecular weight is 376 g/mol. The number of rotatable bonds is 5. The van der Waals surface area contributed by atoms with Crippen molar-refractivity contribution in [1.82, 2.24) is 0 Å². The molecule has 2 aromatic rings. The third kappa shape index (κ3) is 4.22. The standard InChI is InChI=1S/C24H25FN2O/c1-3-28-21-6-4-5-16(2)24(17-7-10-20(25)11-8-17)22(14-21)18-9-12-23(27)19(13-18)15-26/h4,6-16,26H,3,5,27H2,1-2H3. The Balaban J connectivity index is 2.30. The molecule has 0 amide bonds. The summed E-state index contributed by atoms with van der Waals surface area (Å²) in [6.45, 7) is 4.69. The highest BCUT2D eigenvalue weighted by Gasteiger charge is 2.19. The molecule has 2 aromatic carbocycles. The van der Waals surface area contributed by atoms with Crippen LogP contribution in [0.3, 0.4) is 0 Å². The minimum atomic E-state index is -0.256. The molecule has 3 rings (SSSR count). The molecule has 4 heteroatoms. The van der Waals surface area contributed by atoms with Gasteiger partial charge in [-0.25, -0.2) is 4.39 Å². The van der Waals surface area contributed by atoms with E-state index in [2.05, 4.69) is 13.0 Å². The van der Waals surface area contributed by atoms with Gasteiger partial charge >= 0.3 is 0 Å². The van der Waals surface area contributed by atoms with Gasteiger partial charge in [-0.1, -0.05) is 31.2 Å². The summed E-state index contributed by atoms with van der Waals surface area (Å²) in [7, 11) is 0. The van der Waals surface area contributed by atoms with Crippen LogP contribution in [0.1, 0.15) is 37.0 Å². The van der Waals surface area contributed by atoms with Crippen molar-refractivity contribution in [2.75, 3.05) is 12.3 Å². The number of hydrogen-bond acceptors (Lipinski definition) is 3. The number of ether oxygens (including phenoxy) is 1. The lowest BCUT2D eigenvalue weighted by atomic mass is 9.83. The summed E-state index contributed by atoms with van der Waals surface area (Å²) in [4.78, 5) is 0. The minimum absolute atomic E-state index is 0.220. The zero-order valence-electron chi connectivity index (χ0n) is 16.2. The van der Waals surface area contributed by atoms with Gasteiger partial charge in [-0.15, -0.1) is 0 Å². The molecule has 0 bridgehead atoms. The van der Waals surface area contributed by atoms with Gasteiger partial charge in [0.1, 0.15) is 11.6 Å². The van der Waals surface area contributed by atoms with Gasteiger partial charge in [0.15, 0.2) is 0 Å². The number of allylic oxidation sites excluding steroid dienone is 5. The van der Waals surface area contributed by atoms with E-state index in [0.29, 0.717) is 17.9 Å². The van der Waals surface area contributed by atoms with Crippen molar-refractivity contribution < 1.29 is 9.13 Å². The number of hydrogen-bond donors (Lipinski definition) is 2. The fourth-order valence-corrected chi connectivity index (χ4v) is 3.47. The lowest BCUT2D eigenvalue weighted by Gasteiger charge is -2.22. The molecular weight excluding hydrogens is 351 g/mol. The number of halogens is 1. The van der Waals surface area contributed by atoms with Crippen LogP contribution in [0.5, 0.6) is 0 Å². The Labute approximate surface area is 165 Å².